The van der Waals surface area contributed by atoms with Crippen LogP contribution in [-0.4, -0.2) is 36.5 Å². The molecule has 0 spiro atoms. The van der Waals surface area contributed by atoms with Gasteiger partial charge in [-0.3, -0.25) is 4.79 Å². The Morgan fingerprint density at radius 2 is 1.86 bits per heavy atom. The van der Waals surface area contributed by atoms with E-state index < -0.39 is 0 Å². The Morgan fingerprint density at radius 1 is 1.24 bits per heavy atom. The molecule has 3 rings (SSSR count). The van der Waals surface area contributed by atoms with Crippen molar-refractivity contribution < 1.29 is 4.79 Å². The predicted octanol–water partition coefficient (Wildman–Crippen LogP) is 1.75. The highest BCUT2D eigenvalue weighted by Gasteiger charge is 2.37. The number of hydrogen-bond donors (Lipinski definition) is 2. The van der Waals surface area contributed by atoms with Gasteiger partial charge in [0, 0.05) is 24.2 Å². The lowest BCUT2D eigenvalue weighted by molar-refractivity contribution is 0.100. The molecule has 1 amide bonds. The van der Waals surface area contributed by atoms with Crippen LogP contribution in [0, 0.1) is 5.92 Å². The third-order valence-electron chi connectivity index (χ3n) is 5.20. The van der Waals surface area contributed by atoms with Gasteiger partial charge in [-0.25, -0.2) is 0 Å². The largest absolute Gasteiger partial charge is 0.366 e. The van der Waals surface area contributed by atoms with E-state index in [9.17, 15) is 4.79 Å². The molecular weight excluding hydrogens is 262 g/mol. The van der Waals surface area contributed by atoms with Crippen LogP contribution >= 0.6 is 0 Å². The molecule has 2 saturated heterocycles. The standard InChI is InChI=1S/C17H25N3O/c1-20-15-6-7-16(20)9-13(8-15)11-19-10-12-2-4-14(5-3-12)17(18)21/h2-5,13,15-16,19H,6-11H2,1H3,(H2,18,21). The minimum absolute atomic E-state index is 0.365. The van der Waals surface area contributed by atoms with Crippen LogP contribution in [0.4, 0.5) is 0 Å². The Morgan fingerprint density at radius 3 is 2.43 bits per heavy atom. The van der Waals surface area contributed by atoms with Gasteiger partial charge in [0.1, 0.15) is 0 Å². The highest BCUT2D eigenvalue weighted by Crippen LogP contribution is 2.36. The molecule has 0 saturated carbocycles. The molecule has 1 aromatic carbocycles. The maximum Gasteiger partial charge on any atom is 0.248 e. The van der Waals surface area contributed by atoms with Crippen molar-refractivity contribution in [3.63, 3.8) is 0 Å². The summed E-state index contributed by atoms with van der Waals surface area (Å²) in [7, 11) is 2.28. The summed E-state index contributed by atoms with van der Waals surface area (Å²) in [4.78, 5) is 13.6. The molecule has 2 aliphatic rings. The van der Waals surface area contributed by atoms with Gasteiger partial charge < -0.3 is 16.0 Å². The van der Waals surface area contributed by atoms with Gasteiger partial charge in [-0.05, 0) is 62.9 Å². The number of rotatable bonds is 5. The van der Waals surface area contributed by atoms with Crippen LogP contribution in [0.15, 0.2) is 24.3 Å². The molecule has 0 aliphatic carbocycles. The van der Waals surface area contributed by atoms with Crippen molar-refractivity contribution >= 4 is 5.91 Å². The highest BCUT2D eigenvalue weighted by atomic mass is 16.1. The molecule has 0 aromatic heterocycles. The second kappa shape index (κ2) is 6.16. The fraction of sp³-hybridized carbons (Fsp3) is 0.588. The number of piperidine rings is 1. The number of fused-ring (bicyclic) bond motifs is 2. The maximum atomic E-state index is 11.0. The highest BCUT2D eigenvalue weighted by molar-refractivity contribution is 5.92. The first-order chi connectivity index (χ1) is 10.1. The van der Waals surface area contributed by atoms with Gasteiger partial charge in [-0.2, -0.15) is 0 Å². The number of primary amides is 1. The molecule has 3 N–H and O–H groups in total. The van der Waals surface area contributed by atoms with Crippen LogP contribution in [0.3, 0.4) is 0 Å². The first-order valence-corrected chi connectivity index (χ1v) is 7.95. The van der Waals surface area contributed by atoms with E-state index in [0.29, 0.717) is 5.56 Å². The minimum atomic E-state index is -0.365. The number of carbonyl (C=O) groups is 1. The number of nitrogens with zero attached hydrogens (tertiary/aromatic N) is 1. The average Bonchev–Trinajstić information content (AvgIpc) is 2.70. The van der Waals surface area contributed by atoms with Gasteiger partial charge in [0.05, 0.1) is 0 Å². The lowest BCUT2D eigenvalue weighted by atomic mass is 9.91. The first-order valence-electron chi connectivity index (χ1n) is 7.95. The molecule has 2 fully saturated rings. The Balaban J connectivity index is 1.45. The number of nitrogens with two attached hydrogens (primary N) is 1. The van der Waals surface area contributed by atoms with E-state index in [1.807, 2.05) is 12.1 Å². The van der Waals surface area contributed by atoms with Crippen LogP contribution in [0.1, 0.15) is 41.6 Å². The van der Waals surface area contributed by atoms with Crippen molar-refractivity contribution in [2.45, 2.75) is 44.3 Å². The summed E-state index contributed by atoms with van der Waals surface area (Å²) in [6.45, 7) is 1.96. The van der Waals surface area contributed by atoms with Gasteiger partial charge in [0.15, 0.2) is 0 Å². The zero-order valence-electron chi connectivity index (χ0n) is 12.7. The van der Waals surface area contributed by atoms with E-state index in [-0.39, 0.29) is 5.91 Å². The maximum absolute atomic E-state index is 11.0. The topological polar surface area (TPSA) is 58.4 Å². The second-order valence-electron chi connectivity index (χ2n) is 6.58. The molecule has 114 valence electrons. The fourth-order valence-electron chi connectivity index (χ4n) is 3.90. The molecule has 21 heavy (non-hydrogen) atoms. The molecular formula is C17H25N3O. The van der Waals surface area contributed by atoms with Gasteiger partial charge in [-0.15, -0.1) is 0 Å². The van der Waals surface area contributed by atoms with E-state index in [0.717, 1.165) is 31.1 Å². The van der Waals surface area contributed by atoms with Gasteiger partial charge >= 0.3 is 0 Å². The summed E-state index contributed by atoms with van der Waals surface area (Å²) < 4.78 is 0. The van der Waals surface area contributed by atoms with Crippen molar-refractivity contribution in [2.75, 3.05) is 13.6 Å². The third kappa shape index (κ3) is 3.27. The molecule has 4 heteroatoms. The summed E-state index contributed by atoms with van der Waals surface area (Å²) in [5.41, 5.74) is 7.03. The van der Waals surface area contributed by atoms with Crippen LogP contribution in [0.2, 0.25) is 0 Å². The fourth-order valence-corrected chi connectivity index (χ4v) is 3.90. The predicted molar refractivity (Wildman–Crippen MR) is 84.0 cm³/mol. The summed E-state index contributed by atoms with van der Waals surface area (Å²) in [6.07, 6.45) is 5.43. The van der Waals surface area contributed by atoms with E-state index in [1.165, 1.54) is 31.2 Å². The molecule has 2 unspecified atom stereocenters. The van der Waals surface area contributed by atoms with Crippen LogP contribution in [0.5, 0.6) is 0 Å². The number of amides is 1. The number of nitrogens with one attached hydrogen (secondary N) is 1. The molecule has 2 aliphatic heterocycles. The van der Waals surface area contributed by atoms with Crippen molar-refractivity contribution in [3.05, 3.63) is 35.4 Å². The van der Waals surface area contributed by atoms with Gasteiger partial charge in [0.2, 0.25) is 5.91 Å². The van der Waals surface area contributed by atoms with Crippen molar-refractivity contribution in [3.8, 4) is 0 Å². The summed E-state index contributed by atoms with van der Waals surface area (Å²) in [5, 5.41) is 3.57. The van der Waals surface area contributed by atoms with Crippen LogP contribution in [0.25, 0.3) is 0 Å². The summed E-state index contributed by atoms with van der Waals surface area (Å²) in [6, 6.07) is 9.18. The molecule has 0 radical (unpaired) electrons. The first kappa shape index (κ1) is 14.5. The monoisotopic (exact) mass is 287 g/mol. The van der Waals surface area contributed by atoms with E-state index >= 15 is 0 Å². The summed E-state index contributed by atoms with van der Waals surface area (Å²) >= 11 is 0. The number of carbonyl (C=O) groups excluding carboxylic acids is 1. The minimum Gasteiger partial charge on any atom is -0.366 e. The normalized spacial score (nSPS) is 28.7. The Hall–Kier alpha value is -1.39. The lowest BCUT2D eigenvalue weighted by Crippen LogP contribution is -2.42. The van der Waals surface area contributed by atoms with Crippen molar-refractivity contribution in [1.29, 1.82) is 0 Å². The number of hydrogen-bond acceptors (Lipinski definition) is 3. The van der Waals surface area contributed by atoms with E-state index in [1.54, 1.807) is 12.1 Å². The van der Waals surface area contributed by atoms with Gasteiger partial charge in [0.25, 0.3) is 0 Å². The quantitative estimate of drug-likeness (QED) is 0.867. The third-order valence-corrected chi connectivity index (χ3v) is 5.20. The lowest BCUT2D eigenvalue weighted by Gasteiger charge is -2.36. The molecule has 1 aromatic rings. The molecule has 2 atom stereocenters. The zero-order valence-corrected chi connectivity index (χ0v) is 12.7. The molecule has 2 heterocycles. The molecule has 2 bridgehead atoms. The average molecular weight is 287 g/mol. The second-order valence-corrected chi connectivity index (χ2v) is 6.58. The van der Waals surface area contributed by atoms with Crippen molar-refractivity contribution in [2.24, 2.45) is 11.7 Å². The van der Waals surface area contributed by atoms with Gasteiger partial charge in [-0.1, -0.05) is 12.1 Å². The van der Waals surface area contributed by atoms with Crippen molar-refractivity contribution in [1.82, 2.24) is 10.2 Å². The summed E-state index contributed by atoms with van der Waals surface area (Å²) in [5.74, 6) is 0.444. The smallest absolute Gasteiger partial charge is 0.248 e. The SMILES string of the molecule is CN1C2CCC1CC(CNCc1ccc(C(N)=O)cc1)C2. The van der Waals surface area contributed by atoms with Crippen LogP contribution < -0.4 is 11.1 Å². The molecule has 4 nitrogen and oxygen atoms in total. The Labute approximate surface area is 126 Å². The Kier molecular flexibility index (Phi) is 4.27. The van der Waals surface area contributed by atoms with E-state index in [2.05, 4.69) is 17.3 Å². The zero-order chi connectivity index (χ0) is 14.8. The Bertz CT molecular complexity index is 485. The van der Waals surface area contributed by atoms with Crippen LogP contribution in [-0.2, 0) is 6.54 Å². The number of benzene rings is 1. The van der Waals surface area contributed by atoms with E-state index in [4.69, 9.17) is 5.73 Å².